The Morgan fingerprint density at radius 1 is 1.14 bits per heavy atom. The maximum absolute atomic E-state index is 13.1. The van der Waals surface area contributed by atoms with Crippen LogP contribution in [0.2, 0.25) is 5.02 Å². The topological polar surface area (TPSA) is 109 Å². The van der Waals surface area contributed by atoms with E-state index in [0.717, 1.165) is 10.0 Å². The average Bonchev–Trinajstić information content (AvgIpc) is 2.88. The second-order valence-corrected chi connectivity index (χ2v) is 9.23. The first kappa shape index (κ1) is 26.3. The lowest BCUT2D eigenvalue weighted by Gasteiger charge is -2.13. The molecular weight excluding hydrogens is 564 g/mol. The highest BCUT2D eigenvalue weighted by Crippen LogP contribution is 2.39. The van der Waals surface area contributed by atoms with Crippen molar-refractivity contribution in [2.45, 2.75) is 26.9 Å². The first-order valence-electron chi connectivity index (χ1n) is 11.4. The summed E-state index contributed by atoms with van der Waals surface area (Å²) in [6, 6.07) is 15.1. The van der Waals surface area contributed by atoms with Gasteiger partial charge in [-0.3, -0.25) is 14.9 Å². The van der Waals surface area contributed by atoms with E-state index in [4.69, 9.17) is 21.1 Å². The minimum absolute atomic E-state index is 0.00239. The Balaban J connectivity index is 1.74. The zero-order chi connectivity index (χ0) is 26.5. The minimum atomic E-state index is -0.546. The van der Waals surface area contributed by atoms with Crippen molar-refractivity contribution in [1.82, 2.24) is 9.66 Å². The van der Waals surface area contributed by atoms with Crippen molar-refractivity contribution in [2.75, 3.05) is 6.61 Å². The van der Waals surface area contributed by atoms with Crippen molar-refractivity contribution in [3.8, 4) is 11.5 Å². The molecule has 190 valence electrons. The van der Waals surface area contributed by atoms with E-state index in [1.807, 2.05) is 13.0 Å². The molecule has 1 heterocycles. The highest BCUT2D eigenvalue weighted by molar-refractivity contribution is 9.10. The molecule has 4 rings (SSSR count). The number of ether oxygens (including phenoxy) is 2. The molecule has 0 amide bonds. The summed E-state index contributed by atoms with van der Waals surface area (Å²) in [7, 11) is 0. The molecule has 0 atom stereocenters. The monoisotopic (exact) mass is 584 g/mol. The Labute approximate surface area is 225 Å². The smallest absolute Gasteiger partial charge is 0.315 e. The molecule has 11 heteroatoms. The van der Waals surface area contributed by atoms with E-state index in [1.54, 1.807) is 49.4 Å². The van der Waals surface area contributed by atoms with Gasteiger partial charge in [0.2, 0.25) is 5.75 Å². The molecule has 0 unspecified atom stereocenters. The van der Waals surface area contributed by atoms with Crippen LogP contribution in [0.25, 0.3) is 10.9 Å². The summed E-state index contributed by atoms with van der Waals surface area (Å²) >= 11 is 9.30. The summed E-state index contributed by atoms with van der Waals surface area (Å²) in [5.41, 5.74) is 1.07. The van der Waals surface area contributed by atoms with E-state index >= 15 is 0 Å². The zero-order valence-electron chi connectivity index (χ0n) is 20.0. The first-order valence-corrected chi connectivity index (χ1v) is 12.6. The van der Waals surface area contributed by atoms with Crippen LogP contribution in [0, 0.1) is 10.1 Å². The first-order chi connectivity index (χ1) is 17.8. The van der Waals surface area contributed by atoms with Crippen LogP contribution in [0.3, 0.4) is 0 Å². The number of benzene rings is 3. The van der Waals surface area contributed by atoms with Crippen molar-refractivity contribution in [1.29, 1.82) is 0 Å². The maximum Gasteiger partial charge on any atom is 0.315 e. The fourth-order valence-electron chi connectivity index (χ4n) is 3.63. The Kier molecular flexibility index (Phi) is 8.20. The highest BCUT2D eigenvalue weighted by Gasteiger charge is 2.23. The normalized spacial score (nSPS) is 11.2. The molecule has 4 aromatic rings. The number of hydrogen-bond acceptors (Lipinski definition) is 7. The maximum atomic E-state index is 13.1. The van der Waals surface area contributed by atoms with E-state index in [1.165, 1.54) is 17.0 Å². The number of rotatable bonds is 9. The molecule has 0 spiro atoms. The van der Waals surface area contributed by atoms with Crippen LogP contribution in [0.4, 0.5) is 5.69 Å². The lowest BCUT2D eigenvalue weighted by molar-refractivity contribution is -0.386. The van der Waals surface area contributed by atoms with Crippen LogP contribution < -0.4 is 15.0 Å². The minimum Gasteiger partial charge on any atom is -0.490 e. The van der Waals surface area contributed by atoms with E-state index < -0.39 is 4.92 Å². The fourth-order valence-corrected chi connectivity index (χ4v) is 4.12. The lowest BCUT2D eigenvalue weighted by atomic mass is 10.1. The Morgan fingerprint density at radius 3 is 2.57 bits per heavy atom. The zero-order valence-corrected chi connectivity index (χ0v) is 22.3. The molecule has 0 N–H and O–H groups in total. The molecule has 0 aliphatic heterocycles. The Hall–Kier alpha value is -3.76. The van der Waals surface area contributed by atoms with Gasteiger partial charge in [0, 0.05) is 27.5 Å². The summed E-state index contributed by atoms with van der Waals surface area (Å²) in [5.74, 6) is 0.650. The molecule has 0 radical (unpaired) electrons. The van der Waals surface area contributed by atoms with E-state index in [2.05, 4.69) is 26.0 Å². The van der Waals surface area contributed by atoms with Crippen LogP contribution in [-0.4, -0.2) is 27.4 Å². The quantitative estimate of drug-likeness (QED) is 0.133. The third-order valence-corrected chi connectivity index (χ3v) is 6.11. The molecule has 0 fully saturated rings. The number of nitrogens with zero attached hydrogens (tertiary/aromatic N) is 4. The van der Waals surface area contributed by atoms with Crippen molar-refractivity contribution in [3.05, 3.63) is 102 Å². The van der Waals surface area contributed by atoms with E-state index in [-0.39, 0.29) is 36.0 Å². The summed E-state index contributed by atoms with van der Waals surface area (Å²) in [5, 5.41) is 17.2. The summed E-state index contributed by atoms with van der Waals surface area (Å²) in [4.78, 5) is 29.1. The predicted octanol–water partition coefficient (Wildman–Crippen LogP) is 6.14. The molecule has 0 aliphatic carbocycles. The largest absolute Gasteiger partial charge is 0.490 e. The van der Waals surface area contributed by atoms with Crippen LogP contribution in [-0.2, 0) is 13.0 Å². The van der Waals surface area contributed by atoms with Gasteiger partial charge in [0.05, 0.1) is 28.6 Å². The average molecular weight is 586 g/mol. The number of halogens is 2. The highest BCUT2D eigenvalue weighted by atomic mass is 79.9. The molecule has 0 bridgehead atoms. The molecule has 3 aromatic carbocycles. The number of aryl methyl sites for hydroxylation is 1. The molecule has 0 saturated heterocycles. The van der Waals surface area contributed by atoms with Gasteiger partial charge in [0.25, 0.3) is 5.56 Å². The third-order valence-electron chi connectivity index (χ3n) is 5.36. The standard InChI is InChI=1S/C26H22BrClN4O5/c1-3-24-30-21-10-7-18(27)13-20(21)26(33)31(24)29-14-17-11-22(32(34)35)25(23(12-17)36-4-2)37-15-16-5-8-19(28)9-6-16/h5-14H,3-4,15H2,1-2H3. The molecule has 9 nitrogen and oxygen atoms in total. The SMILES string of the molecule is CCOc1cc(C=Nn2c(CC)nc3ccc(Br)cc3c2=O)cc([N+](=O)[O-])c1OCc1ccc(Cl)cc1. The van der Waals surface area contributed by atoms with Crippen molar-refractivity contribution in [2.24, 2.45) is 5.10 Å². The van der Waals surface area contributed by atoms with Crippen molar-refractivity contribution in [3.63, 3.8) is 0 Å². The van der Waals surface area contributed by atoms with Gasteiger partial charge in [-0.2, -0.15) is 9.78 Å². The van der Waals surface area contributed by atoms with E-state index in [9.17, 15) is 14.9 Å². The van der Waals surface area contributed by atoms with Gasteiger partial charge >= 0.3 is 5.69 Å². The van der Waals surface area contributed by atoms with Crippen molar-refractivity contribution >= 4 is 50.3 Å². The number of hydrogen-bond donors (Lipinski definition) is 0. The third kappa shape index (κ3) is 5.98. The number of aromatic nitrogens is 2. The fraction of sp³-hybridized carbons (Fsp3) is 0.192. The number of fused-ring (bicyclic) bond motifs is 1. The lowest BCUT2D eigenvalue weighted by Crippen LogP contribution is -2.22. The second-order valence-electron chi connectivity index (χ2n) is 7.88. The van der Waals surface area contributed by atoms with Crippen LogP contribution in [0.5, 0.6) is 11.5 Å². The van der Waals surface area contributed by atoms with Crippen molar-refractivity contribution < 1.29 is 14.4 Å². The predicted molar refractivity (Wildman–Crippen MR) is 146 cm³/mol. The summed E-state index contributed by atoms with van der Waals surface area (Å²) in [6.07, 6.45) is 1.82. The van der Waals surface area contributed by atoms with Crippen LogP contribution >= 0.6 is 27.5 Å². The van der Waals surface area contributed by atoms with Gasteiger partial charge in [-0.25, -0.2) is 4.98 Å². The molecule has 37 heavy (non-hydrogen) atoms. The molecule has 0 saturated carbocycles. The second kappa shape index (κ2) is 11.5. The Morgan fingerprint density at radius 2 is 1.89 bits per heavy atom. The molecular formula is C26H22BrClN4O5. The van der Waals surface area contributed by atoms with Gasteiger partial charge in [0.1, 0.15) is 12.4 Å². The number of nitro benzene ring substituents is 1. The van der Waals surface area contributed by atoms with Gasteiger partial charge < -0.3 is 9.47 Å². The van der Waals surface area contributed by atoms with Gasteiger partial charge in [-0.05, 0) is 48.9 Å². The summed E-state index contributed by atoms with van der Waals surface area (Å²) in [6.45, 7) is 3.97. The summed E-state index contributed by atoms with van der Waals surface area (Å²) < 4.78 is 13.4. The molecule has 0 aliphatic rings. The molecule has 1 aromatic heterocycles. The van der Waals surface area contributed by atoms with Gasteiger partial charge in [0.15, 0.2) is 5.75 Å². The number of nitro groups is 1. The van der Waals surface area contributed by atoms with Gasteiger partial charge in [-0.1, -0.05) is 46.6 Å². The Bertz CT molecular complexity index is 1550. The van der Waals surface area contributed by atoms with Gasteiger partial charge in [-0.15, -0.1) is 0 Å². The van der Waals surface area contributed by atoms with E-state index in [0.29, 0.717) is 33.7 Å². The van der Waals surface area contributed by atoms with Crippen LogP contribution in [0.1, 0.15) is 30.8 Å². The van der Waals surface area contributed by atoms with Crippen LogP contribution in [0.15, 0.2) is 69.0 Å².